The molecule has 4 aliphatic carbocycles. The van der Waals surface area contributed by atoms with Crippen LogP contribution in [0.5, 0.6) is 0 Å². The molecule has 4 nitrogen and oxygen atoms in total. The normalized spacial score (nSPS) is 44.7. The van der Waals surface area contributed by atoms with Crippen LogP contribution in [0.4, 0.5) is 0 Å². The number of ether oxygens (including phenoxy) is 1. The molecule has 0 aromatic rings. The minimum Gasteiger partial charge on any atom is -0.481 e. The quantitative estimate of drug-likeness (QED) is 0.416. The van der Waals surface area contributed by atoms with Crippen LogP contribution in [0.2, 0.25) is 0 Å². The second-order valence-corrected chi connectivity index (χ2v) is 12.4. The maximum Gasteiger partial charge on any atom is 0.306 e. The first-order chi connectivity index (χ1) is 14.3. The lowest BCUT2D eigenvalue weighted by Crippen LogP contribution is -2.55. The first-order valence-electron chi connectivity index (χ1n) is 12.4. The van der Waals surface area contributed by atoms with E-state index in [0.29, 0.717) is 5.92 Å². The van der Waals surface area contributed by atoms with E-state index in [1.807, 2.05) is 6.92 Å². The second kappa shape index (κ2) is 7.09. The van der Waals surface area contributed by atoms with Gasteiger partial charge in [-0.2, -0.15) is 0 Å². The third-order valence-electron chi connectivity index (χ3n) is 11.1. The third-order valence-corrected chi connectivity index (χ3v) is 11.1. The van der Waals surface area contributed by atoms with Crippen LogP contribution in [-0.2, 0) is 14.3 Å². The minimum absolute atomic E-state index is 0.00180. The third kappa shape index (κ3) is 2.99. The smallest absolute Gasteiger partial charge is 0.306 e. The molecule has 7 atom stereocenters. The Hall–Kier alpha value is -1.32. The monoisotopic (exact) mass is 430 g/mol. The first kappa shape index (κ1) is 22.9. The fraction of sp³-hybridized carbons (Fsp3) is 0.852. The molecular weight excluding hydrogens is 388 g/mol. The molecule has 0 spiro atoms. The van der Waals surface area contributed by atoms with E-state index in [2.05, 4.69) is 34.6 Å². The Kier molecular flexibility index (Phi) is 5.23. The molecule has 0 aliphatic heterocycles. The van der Waals surface area contributed by atoms with Crippen LogP contribution in [0, 0.1) is 39.4 Å². The SMILES string of the molecule is CC(=O)OC1CC[C@]2(C)C3=C(CCC2C1(C)C)[C@]1(C)CCC(C(C)C(=O)O)[C@]1(C)CC3. The molecule has 0 amide bonds. The molecule has 4 heteroatoms. The van der Waals surface area contributed by atoms with Crippen molar-refractivity contribution in [3.63, 3.8) is 0 Å². The average Bonchev–Trinajstić information content (AvgIpc) is 2.95. The predicted molar refractivity (Wildman–Crippen MR) is 121 cm³/mol. The zero-order valence-electron chi connectivity index (χ0n) is 20.6. The number of carbonyl (C=O) groups is 2. The standard InChI is InChI=1S/C27H42O4/c1-16(23(29)30)18-10-14-27(7)20-8-9-21-24(3,4)22(31-17(2)28)12-13-25(21,5)19(20)11-15-26(18,27)6/h16,18,21-22H,8-15H2,1-7H3,(H,29,30)/t16?,18?,21?,22?,25-,26+,27+/m1/s1. The summed E-state index contributed by atoms with van der Waals surface area (Å²) in [5, 5.41) is 9.76. The van der Waals surface area contributed by atoms with Crippen molar-refractivity contribution in [3.8, 4) is 0 Å². The molecule has 0 bridgehead atoms. The molecule has 2 fully saturated rings. The van der Waals surface area contributed by atoms with E-state index in [0.717, 1.165) is 51.4 Å². The van der Waals surface area contributed by atoms with Crippen molar-refractivity contribution in [2.24, 2.45) is 39.4 Å². The Balaban J connectivity index is 1.72. The summed E-state index contributed by atoms with van der Waals surface area (Å²) in [5.41, 5.74) is 3.66. The van der Waals surface area contributed by atoms with Gasteiger partial charge < -0.3 is 9.84 Å². The number of fused-ring (bicyclic) bond motifs is 4. The van der Waals surface area contributed by atoms with Crippen molar-refractivity contribution < 1.29 is 19.4 Å². The van der Waals surface area contributed by atoms with E-state index in [9.17, 15) is 14.7 Å². The van der Waals surface area contributed by atoms with Gasteiger partial charge in [0.05, 0.1) is 5.92 Å². The van der Waals surface area contributed by atoms with E-state index >= 15 is 0 Å². The van der Waals surface area contributed by atoms with Crippen molar-refractivity contribution in [1.29, 1.82) is 0 Å². The maximum atomic E-state index is 11.9. The van der Waals surface area contributed by atoms with Crippen LogP contribution in [0.1, 0.15) is 99.8 Å². The Morgan fingerprint density at radius 3 is 2.26 bits per heavy atom. The van der Waals surface area contributed by atoms with Crippen molar-refractivity contribution in [2.75, 3.05) is 0 Å². The van der Waals surface area contributed by atoms with Gasteiger partial charge in [0.1, 0.15) is 6.10 Å². The van der Waals surface area contributed by atoms with Gasteiger partial charge in [0.15, 0.2) is 0 Å². The van der Waals surface area contributed by atoms with E-state index in [1.165, 1.54) is 6.92 Å². The largest absolute Gasteiger partial charge is 0.481 e. The number of rotatable bonds is 3. The van der Waals surface area contributed by atoms with Crippen LogP contribution in [-0.4, -0.2) is 23.1 Å². The predicted octanol–water partition coefficient (Wildman–Crippen LogP) is 6.39. The summed E-state index contributed by atoms with van der Waals surface area (Å²) in [6.45, 7) is 15.4. The lowest BCUT2D eigenvalue weighted by molar-refractivity contribution is -0.167. The van der Waals surface area contributed by atoms with Crippen LogP contribution < -0.4 is 0 Å². The van der Waals surface area contributed by atoms with E-state index < -0.39 is 5.97 Å². The van der Waals surface area contributed by atoms with Crippen molar-refractivity contribution >= 4 is 11.9 Å². The van der Waals surface area contributed by atoms with Gasteiger partial charge in [-0.3, -0.25) is 9.59 Å². The van der Waals surface area contributed by atoms with Gasteiger partial charge in [0, 0.05) is 12.3 Å². The second-order valence-electron chi connectivity index (χ2n) is 12.4. The molecule has 1 N–H and O–H groups in total. The van der Waals surface area contributed by atoms with Gasteiger partial charge in [-0.15, -0.1) is 0 Å². The number of aliphatic carboxylic acids is 1. The zero-order valence-corrected chi connectivity index (χ0v) is 20.6. The van der Waals surface area contributed by atoms with Gasteiger partial charge >= 0.3 is 11.9 Å². The number of carboxylic acid groups (broad SMARTS) is 1. The lowest BCUT2D eigenvalue weighted by Gasteiger charge is -2.62. The molecule has 0 radical (unpaired) electrons. The Morgan fingerprint density at radius 1 is 0.968 bits per heavy atom. The van der Waals surface area contributed by atoms with Crippen molar-refractivity contribution in [1.82, 2.24) is 0 Å². The molecule has 0 aromatic carbocycles. The maximum absolute atomic E-state index is 11.9. The topological polar surface area (TPSA) is 63.6 Å². The molecule has 0 saturated heterocycles. The molecule has 4 aliphatic rings. The summed E-state index contributed by atoms with van der Waals surface area (Å²) in [4.78, 5) is 23.6. The number of carboxylic acids is 1. The highest BCUT2D eigenvalue weighted by Crippen LogP contribution is 2.72. The fourth-order valence-corrected chi connectivity index (χ4v) is 9.09. The van der Waals surface area contributed by atoms with Gasteiger partial charge in [-0.05, 0) is 79.4 Å². The molecule has 4 rings (SSSR count). The molecular formula is C27H42O4. The fourth-order valence-electron chi connectivity index (χ4n) is 9.09. The number of carbonyl (C=O) groups excluding carboxylic acids is 1. The van der Waals surface area contributed by atoms with Crippen LogP contribution >= 0.6 is 0 Å². The molecule has 2 saturated carbocycles. The van der Waals surface area contributed by atoms with Gasteiger partial charge in [0.25, 0.3) is 0 Å². The Morgan fingerprint density at radius 2 is 1.65 bits per heavy atom. The van der Waals surface area contributed by atoms with Crippen molar-refractivity contribution in [3.05, 3.63) is 11.1 Å². The number of hydrogen-bond acceptors (Lipinski definition) is 3. The molecule has 0 aromatic heterocycles. The number of allylic oxidation sites excluding steroid dienone is 2. The highest BCUT2D eigenvalue weighted by Gasteiger charge is 2.64. The Bertz CT molecular complexity index is 825. The highest BCUT2D eigenvalue weighted by atomic mass is 16.5. The Labute approximate surface area is 188 Å². The average molecular weight is 431 g/mol. The summed E-state index contributed by atoms with van der Waals surface area (Å²) >= 11 is 0. The van der Waals surface area contributed by atoms with Gasteiger partial charge in [0.2, 0.25) is 0 Å². The summed E-state index contributed by atoms with van der Waals surface area (Å²) < 4.78 is 5.79. The van der Waals surface area contributed by atoms with E-state index in [-0.39, 0.29) is 45.6 Å². The highest BCUT2D eigenvalue weighted by molar-refractivity contribution is 5.70. The van der Waals surface area contributed by atoms with Crippen molar-refractivity contribution in [2.45, 2.75) is 106 Å². The summed E-state index contributed by atoms with van der Waals surface area (Å²) in [5.74, 6) is -0.316. The van der Waals surface area contributed by atoms with Gasteiger partial charge in [-0.1, -0.05) is 52.7 Å². The summed E-state index contributed by atoms with van der Waals surface area (Å²) in [7, 11) is 0. The van der Waals surface area contributed by atoms with Crippen LogP contribution in [0.15, 0.2) is 11.1 Å². The van der Waals surface area contributed by atoms with Crippen LogP contribution in [0.3, 0.4) is 0 Å². The summed E-state index contributed by atoms with van der Waals surface area (Å²) in [6, 6.07) is 0. The van der Waals surface area contributed by atoms with Crippen LogP contribution in [0.25, 0.3) is 0 Å². The molecule has 0 heterocycles. The van der Waals surface area contributed by atoms with E-state index in [1.54, 1.807) is 11.1 Å². The first-order valence-corrected chi connectivity index (χ1v) is 12.4. The molecule has 174 valence electrons. The number of esters is 1. The molecule has 4 unspecified atom stereocenters. The number of hydrogen-bond donors (Lipinski definition) is 1. The zero-order chi connectivity index (χ0) is 23.0. The molecule has 31 heavy (non-hydrogen) atoms. The van der Waals surface area contributed by atoms with Gasteiger partial charge in [-0.25, -0.2) is 0 Å². The summed E-state index contributed by atoms with van der Waals surface area (Å²) in [6.07, 6.45) is 8.62. The lowest BCUT2D eigenvalue weighted by atomic mass is 9.43. The van der Waals surface area contributed by atoms with E-state index in [4.69, 9.17) is 4.74 Å². The minimum atomic E-state index is -0.642.